The number of nitrogens with one attached hydrogen (secondary N) is 1. The lowest BCUT2D eigenvalue weighted by atomic mass is 10.1. The number of amides is 3. The van der Waals surface area contributed by atoms with Gasteiger partial charge in [0.15, 0.2) is 0 Å². The maximum Gasteiger partial charge on any atom is 0.328 e. The number of hydrogen-bond acceptors (Lipinski definition) is 3. The number of carbonyl (C=O) groups is 3. The molecule has 0 rings (SSSR count). The monoisotopic (exact) mass is 273 g/mol. The molecule has 0 saturated carbocycles. The number of hydrogen-bond donors (Lipinski definition) is 2. The third kappa shape index (κ3) is 5.15. The minimum absolute atomic E-state index is 0.0801. The van der Waals surface area contributed by atoms with Crippen LogP contribution >= 0.6 is 0 Å². The molecule has 0 bridgehead atoms. The zero-order valence-corrected chi connectivity index (χ0v) is 12.2. The maximum absolute atomic E-state index is 11.8. The fourth-order valence-corrected chi connectivity index (χ4v) is 1.37. The summed E-state index contributed by atoms with van der Waals surface area (Å²) in [5, 5.41) is 11.3. The molecule has 19 heavy (non-hydrogen) atoms. The molecule has 0 unspecified atom stereocenters. The molecule has 0 aliphatic rings. The predicted octanol–water partition coefficient (Wildman–Crippen LogP) is 0.359. The number of carbonyl (C=O) groups excluding carboxylic acids is 2. The summed E-state index contributed by atoms with van der Waals surface area (Å²) in [5.74, 6) is -1.31. The van der Waals surface area contributed by atoms with Gasteiger partial charge in [-0.3, -0.25) is 4.79 Å². The van der Waals surface area contributed by atoms with Gasteiger partial charge in [0.05, 0.1) is 0 Å². The van der Waals surface area contributed by atoms with Gasteiger partial charge in [-0.2, -0.15) is 0 Å². The van der Waals surface area contributed by atoms with E-state index in [0.717, 1.165) is 0 Å². The van der Waals surface area contributed by atoms with Crippen LogP contribution in [0, 0.1) is 0 Å². The molecule has 0 aromatic carbocycles. The van der Waals surface area contributed by atoms with Crippen molar-refractivity contribution in [3.63, 3.8) is 0 Å². The molecule has 0 aromatic heterocycles. The number of carboxylic acids is 1. The first kappa shape index (κ1) is 17.2. The first-order valence-corrected chi connectivity index (χ1v) is 6.20. The van der Waals surface area contributed by atoms with Crippen LogP contribution in [0.3, 0.4) is 0 Å². The summed E-state index contributed by atoms with van der Waals surface area (Å²) in [7, 11) is 1.45. The maximum atomic E-state index is 11.8. The lowest BCUT2D eigenvalue weighted by Gasteiger charge is -2.27. The highest BCUT2D eigenvalue weighted by Gasteiger charge is 2.30. The summed E-state index contributed by atoms with van der Waals surface area (Å²) < 4.78 is 0. The minimum atomic E-state index is -1.37. The van der Waals surface area contributed by atoms with E-state index in [9.17, 15) is 14.4 Å². The first-order chi connectivity index (χ1) is 8.65. The zero-order valence-electron chi connectivity index (χ0n) is 12.2. The van der Waals surface area contributed by atoms with E-state index in [2.05, 4.69) is 5.32 Å². The van der Waals surface area contributed by atoms with Gasteiger partial charge >= 0.3 is 12.0 Å². The van der Waals surface area contributed by atoms with Crippen LogP contribution < -0.4 is 5.32 Å². The Balaban J connectivity index is 4.51. The average molecular weight is 273 g/mol. The smallest absolute Gasteiger partial charge is 0.328 e. The molecule has 7 heteroatoms. The number of urea groups is 1. The normalized spacial score (nSPS) is 10.8. The van der Waals surface area contributed by atoms with E-state index >= 15 is 0 Å². The highest BCUT2D eigenvalue weighted by atomic mass is 16.4. The average Bonchev–Trinajstić information content (AvgIpc) is 2.29. The van der Waals surface area contributed by atoms with Crippen molar-refractivity contribution < 1.29 is 19.5 Å². The molecule has 2 N–H and O–H groups in total. The number of carboxylic acid groups (broad SMARTS) is 1. The number of rotatable bonds is 6. The van der Waals surface area contributed by atoms with E-state index in [1.165, 1.54) is 25.8 Å². The van der Waals surface area contributed by atoms with Crippen LogP contribution in [0.25, 0.3) is 0 Å². The van der Waals surface area contributed by atoms with Crippen LogP contribution in [0.4, 0.5) is 4.79 Å². The van der Waals surface area contributed by atoms with Crippen molar-refractivity contribution in [1.29, 1.82) is 0 Å². The van der Waals surface area contributed by atoms with Crippen molar-refractivity contribution in [2.45, 2.75) is 33.2 Å². The molecule has 0 heterocycles. The summed E-state index contributed by atoms with van der Waals surface area (Å²) in [4.78, 5) is 37.3. The van der Waals surface area contributed by atoms with Crippen LogP contribution in [0.2, 0.25) is 0 Å². The molecule has 0 radical (unpaired) electrons. The number of nitrogens with zero attached hydrogens (tertiary/aromatic N) is 2. The Bertz CT molecular complexity index is 351. The topological polar surface area (TPSA) is 90.0 Å². The van der Waals surface area contributed by atoms with Crippen LogP contribution in [0.15, 0.2) is 0 Å². The first-order valence-electron chi connectivity index (χ1n) is 6.20. The van der Waals surface area contributed by atoms with Crippen LogP contribution in [-0.2, 0) is 9.59 Å². The zero-order chi connectivity index (χ0) is 15.2. The second kappa shape index (κ2) is 6.96. The molecule has 0 aliphatic carbocycles. The van der Waals surface area contributed by atoms with Crippen LogP contribution in [0.1, 0.15) is 27.7 Å². The van der Waals surface area contributed by atoms with Crippen molar-refractivity contribution >= 4 is 17.9 Å². The second-order valence-electron chi connectivity index (χ2n) is 4.78. The molecule has 0 saturated heterocycles. The molecule has 0 atom stereocenters. The van der Waals surface area contributed by atoms with Crippen molar-refractivity contribution in [3.05, 3.63) is 0 Å². The van der Waals surface area contributed by atoms with Gasteiger partial charge in [-0.1, -0.05) is 0 Å². The summed E-state index contributed by atoms with van der Waals surface area (Å²) in [6, 6.07) is -0.590. The summed E-state index contributed by atoms with van der Waals surface area (Å²) in [6.45, 7) is 7.55. The molecule has 0 spiro atoms. The van der Waals surface area contributed by atoms with Gasteiger partial charge in [0.1, 0.15) is 12.1 Å². The van der Waals surface area contributed by atoms with E-state index in [1.54, 1.807) is 4.90 Å². The molecular weight excluding hydrogens is 250 g/mol. The molecule has 7 nitrogen and oxygen atoms in total. The largest absolute Gasteiger partial charge is 0.480 e. The predicted molar refractivity (Wildman–Crippen MR) is 70.8 cm³/mol. The van der Waals surface area contributed by atoms with Gasteiger partial charge in [-0.05, 0) is 27.7 Å². The van der Waals surface area contributed by atoms with Crippen molar-refractivity contribution in [2.24, 2.45) is 0 Å². The third-order valence-corrected chi connectivity index (χ3v) is 2.79. The van der Waals surface area contributed by atoms with Gasteiger partial charge in [-0.15, -0.1) is 0 Å². The van der Waals surface area contributed by atoms with Crippen molar-refractivity contribution in [3.8, 4) is 0 Å². The Kier molecular flexibility index (Phi) is 6.31. The summed E-state index contributed by atoms with van der Waals surface area (Å²) in [6.07, 6.45) is 0. The molecule has 3 amide bonds. The molecule has 0 aromatic rings. The summed E-state index contributed by atoms with van der Waals surface area (Å²) >= 11 is 0. The Morgan fingerprint density at radius 1 is 1.16 bits per heavy atom. The lowest BCUT2D eigenvalue weighted by molar-refractivity contribution is -0.143. The molecule has 0 aliphatic heterocycles. The van der Waals surface area contributed by atoms with Gasteiger partial charge in [-0.25, -0.2) is 9.59 Å². The Morgan fingerprint density at radius 2 is 1.63 bits per heavy atom. The highest BCUT2D eigenvalue weighted by Crippen LogP contribution is 2.03. The fraction of sp³-hybridized carbons (Fsp3) is 0.750. The van der Waals surface area contributed by atoms with Gasteiger partial charge in [0, 0.05) is 20.1 Å². The van der Waals surface area contributed by atoms with E-state index in [-0.39, 0.29) is 12.5 Å². The summed E-state index contributed by atoms with van der Waals surface area (Å²) in [5.41, 5.74) is -1.37. The van der Waals surface area contributed by atoms with E-state index in [4.69, 9.17) is 5.11 Å². The Labute approximate surface area is 113 Å². The lowest BCUT2D eigenvalue weighted by Crippen LogP contribution is -2.54. The standard InChI is InChI=1S/C12H23N3O4/c1-6-15(7-2)9(16)8-14(5)11(19)13-12(3,4)10(17)18/h6-8H2,1-5H3,(H,13,19)(H,17,18). The van der Waals surface area contributed by atoms with Gasteiger partial charge < -0.3 is 20.2 Å². The Hall–Kier alpha value is -1.79. The fourth-order valence-electron chi connectivity index (χ4n) is 1.37. The van der Waals surface area contributed by atoms with Crippen molar-refractivity contribution in [1.82, 2.24) is 15.1 Å². The van der Waals surface area contributed by atoms with E-state index in [0.29, 0.717) is 13.1 Å². The number of aliphatic carboxylic acids is 1. The highest BCUT2D eigenvalue weighted by molar-refractivity contribution is 5.88. The number of likely N-dealkylation sites (N-methyl/N-ethyl adjacent to an activating group) is 2. The third-order valence-electron chi connectivity index (χ3n) is 2.79. The second-order valence-corrected chi connectivity index (χ2v) is 4.78. The molecule has 0 fully saturated rings. The minimum Gasteiger partial charge on any atom is -0.480 e. The quantitative estimate of drug-likeness (QED) is 0.731. The Morgan fingerprint density at radius 3 is 2.00 bits per heavy atom. The van der Waals surface area contributed by atoms with E-state index < -0.39 is 17.5 Å². The van der Waals surface area contributed by atoms with Gasteiger partial charge in [0.2, 0.25) is 5.91 Å². The van der Waals surface area contributed by atoms with Gasteiger partial charge in [0.25, 0.3) is 0 Å². The van der Waals surface area contributed by atoms with Crippen molar-refractivity contribution in [2.75, 3.05) is 26.7 Å². The van der Waals surface area contributed by atoms with Crippen LogP contribution in [-0.4, -0.2) is 65.0 Å². The SMILES string of the molecule is CCN(CC)C(=O)CN(C)C(=O)NC(C)(C)C(=O)O. The molecule has 110 valence electrons. The molecular formula is C12H23N3O4. The van der Waals surface area contributed by atoms with Crippen LogP contribution in [0.5, 0.6) is 0 Å². The van der Waals surface area contributed by atoms with E-state index in [1.807, 2.05) is 13.8 Å².